The van der Waals surface area contributed by atoms with E-state index in [-0.39, 0.29) is 11.8 Å². The molecule has 0 atom stereocenters. The molecular weight excluding hydrogens is 378 g/mol. The zero-order chi connectivity index (χ0) is 21.1. The van der Waals surface area contributed by atoms with Crippen LogP contribution in [0.2, 0.25) is 0 Å². The molecule has 0 radical (unpaired) electrons. The van der Waals surface area contributed by atoms with Crippen molar-refractivity contribution in [1.82, 2.24) is 14.8 Å². The molecule has 7 heteroatoms. The van der Waals surface area contributed by atoms with Crippen molar-refractivity contribution in [3.05, 3.63) is 78.0 Å². The molecule has 0 fully saturated rings. The first-order valence-electron chi connectivity index (χ1n) is 9.51. The quantitative estimate of drug-likeness (QED) is 0.293. The van der Waals surface area contributed by atoms with Crippen molar-refractivity contribution in [2.45, 2.75) is 12.8 Å². The minimum Gasteiger partial charge on any atom is -0.469 e. The Labute approximate surface area is 173 Å². The highest BCUT2D eigenvalue weighted by atomic mass is 16.5. The highest BCUT2D eigenvalue weighted by Gasteiger charge is 2.12. The van der Waals surface area contributed by atoms with E-state index in [4.69, 9.17) is 15.9 Å². The fourth-order valence-electron chi connectivity index (χ4n) is 3.41. The molecule has 0 amide bonds. The maximum atomic E-state index is 11.6. The molecule has 0 unspecified atom stereocenters. The number of ether oxygens (including phenoxy) is 1. The lowest BCUT2D eigenvalue weighted by atomic mass is 10.1. The van der Waals surface area contributed by atoms with Crippen molar-refractivity contribution in [2.75, 3.05) is 7.11 Å². The number of esters is 1. The topological polar surface area (TPSA) is 107 Å². The van der Waals surface area contributed by atoms with Crippen LogP contribution in [0.5, 0.6) is 0 Å². The molecule has 3 N–H and O–H groups in total. The second kappa shape index (κ2) is 8.16. The molecule has 0 aliphatic rings. The fraction of sp³-hybridized carbons (Fsp3) is 0.130. The number of hydrogen-bond donors (Lipinski definition) is 2. The van der Waals surface area contributed by atoms with Crippen LogP contribution in [-0.2, 0) is 16.0 Å². The predicted octanol–water partition coefficient (Wildman–Crippen LogP) is 3.48. The normalized spacial score (nSPS) is 10.8. The number of para-hydroxylation sites is 1. The molecule has 4 rings (SSSR count). The summed E-state index contributed by atoms with van der Waals surface area (Å²) in [4.78, 5) is 11.6. The van der Waals surface area contributed by atoms with Crippen LogP contribution in [-0.4, -0.2) is 33.7 Å². The third-order valence-electron chi connectivity index (χ3n) is 5.01. The van der Waals surface area contributed by atoms with E-state index in [0.29, 0.717) is 24.2 Å². The first-order valence-corrected chi connectivity index (χ1v) is 9.51. The number of aromatic nitrogens is 3. The van der Waals surface area contributed by atoms with Crippen LogP contribution in [0.4, 0.5) is 0 Å². The van der Waals surface area contributed by atoms with E-state index in [0.717, 1.165) is 27.7 Å². The van der Waals surface area contributed by atoms with Gasteiger partial charge in [0.2, 0.25) is 0 Å². The summed E-state index contributed by atoms with van der Waals surface area (Å²) in [5.74, 6) is 0.497. The highest BCUT2D eigenvalue weighted by molar-refractivity contribution is 5.95. The van der Waals surface area contributed by atoms with Gasteiger partial charge in [-0.05, 0) is 30.2 Å². The number of nitrogens with two attached hydrogens (primary N) is 1. The van der Waals surface area contributed by atoms with E-state index in [1.807, 2.05) is 59.3 Å². The number of rotatable bonds is 6. The van der Waals surface area contributed by atoms with Gasteiger partial charge in [-0.1, -0.05) is 42.5 Å². The molecule has 2 aromatic carbocycles. The lowest BCUT2D eigenvalue weighted by Gasteiger charge is -2.06. The van der Waals surface area contributed by atoms with Gasteiger partial charge in [0.25, 0.3) is 0 Å². The van der Waals surface area contributed by atoms with Gasteiger partial charge in [0.05, 0.1) is 18.3 Å². The third-order valence-corrected chi connectivity index (χ3v) is 5.01. The first kappa shape index (κ1) is 19.3. The minimum atomic E-state index is -0.230. The molecule has 0 bridgehead atoms. The van der Waals surface area contributed by atoms with Crippen LogP contribution in [0.25, 0.3) is 28.0 Å². The Hall–Kier alpha value is -4.00. The van der Waals surface area contributed by atoms with Gasteiger partial charge in [0.15, 0.2) is 5.82 Å². The van der Waals surface area contributed by atoms with Crippen molar-refractivity contribution in [2.24, 2.45) is 5.73 Å². The molecule has 150 valence electrons. The van der Waals surface area contributed by atoms with E-state index >= 15 is 0 Å². The zero-order valence-corrected chi connectivity index (χ0v) is 16.5. The van der Waals surface area contributed by atoms with E-state index in [9.17, 15) is 4.79 Å². The lowest BCUT2D eigenvalue weighted by Crippen LogP contribution is -2.10. The smallest absolute Gasteiger partial charge is 0.305 e. The standard InChI is InChI=1S/C23H21N5O2/c1-30-22(29)13-10-17-14-28(20-5-3-2-4-18(17)20)21-12-11-19(26-27-21)15-6-8-16(9-7-15)23(24)25/h2-9,11-12,14H,10,13H2,1H3,(H3,24,25). The van der Waals surface area contributed by atoms with Crippen LogP contribution in [0.3, 0.4) is 0 Å². The largest absolute Gasteiger partial charge is 0.469 e. The summed E-state index contributed by atoms with van der Waals surface area (Å²) < 4.78 is 6.75. The summed E-state index contributed by atoms with van der Waals surface area (Å²) in [5.41, 5.74) is 9.87. The highest BCUT2D eigenvalue weighted by Crippen LogP contribution is 2.26. The maximum Gasteiger partial charge on any atom is 0.305 e. The Balaban J connectivity index is 1.65. The van der Waals surface area contributed by atoms with Crippen molar-refractivity contribution < 1.29 is 9.53 Å². The van der Waals surface area contributed by atoms with Crippen LogP contribution in [0.15, 0.2) is 66.9 Å². The molecular formula is C23H21N5O2. The summed E-state index contributed by atoms with van der Waals surface area (Å²) >= 11 is 0. The Morgan fingerprint density at radius 3 is 2.50 bits per heavy atom. The van der Waals surface area contributed by atoms with Gasteiger partial charge in [-0.25, -0.2) is 0 Å². The number of hydrogen-bond acceptors (Lipinski definition) is 5. The number of fused-ring (bicyclic) bond motifs is 1. The Bertz CT molecular complexity index is 1210. The van der Waals surface area contributed by atoms with Crippen LogP contribution >= 0.6 is 0 Å². The number of aryl methyl sites for hydroxylation is 1. The molecule has 0 spiro atoms. The molecule has 0 aliphatic heterocycles. The summed E-state index contributed by atoms with van der Waals surface area (Å²) in [6, 6.07) is 19.2. The van der Waals surface area contributed by atoms with E-state index in [1.165, 1.54) is 7.11 Å². The fourth-order valence-corrected chi connectivity index (χ4v) is 3.41. The minimum absolute atomic E-state index is 0.0328. The molecule has 0 saturated carbocycles. The molecule has 0 saturated heterocycles. The van der Waals surface area contributed by atoms with Crippen molar-refractivity contribution in [3.63, 3.8) is 0 Å². The number of benzene rings is 2. The van der Waals surface area contributed by atoms with Gasteiger partial charge in [0, 0.05) is 29.1 Å². The summed E-state index contributed by atoms with van der Waals surface area (Å²) in [6.45, 7) is 0. The molecule has 4 aromatic rings. The zero-order valence-electron chi connectivity index (χ0n) is 16.5. The predicted molar refractivity (Wildman–Crippen MR) is 116 cm³/mol. The van der Waals surface area contributed by atoms with Gasteiger partial charge >= 0.3 is 5.97 Å². The summed E-state index contributed by atoms with van der Waals surface area (Å²) in [5, 5.41) is 17.3. The lowest BCUT2D eigenvalue weighted by molar-refractivity contribution is -0.140. The maximum absolute atomic E-state index is 11.6. The number of nitrogens with one attached hydrogen (secondary N) is 1. The van der Waals surface area contributed by atoms with Gasteiger partial charge in [-0.3, -0.25) is 14.8 Å². The number of carbonyl (C=O) groups excluding carboxylic acids is 1. The SMILES string of the molecule is COC(=O)CCc1cn(-c2ccc(-c3ccc(C(=N)N)cc3)nn2)c2ccccc12. The molecule has 0 aliphatic carbocycles. The summed E-state index contributed by atoms with van der Waals surface area (Å²) in [7, 11) is 1.40. The van der Waals surface area contributed by atoms with E-state index in [2.05, 4.69) is 10.2 Å². The van der Waals surface area contributed by atoms with E-state index < -0.39 is 0 Å². The monoisotopic (exact) mass is 399 g/mol. The molecule has 2 heterocycles. The van der Waals surface area contributed by atoms with Crippen LogP contribution < -0.4 is 5.73 Å². The Morgan fingerprint density at radius 2 is 1.83 bits per heavy atom. The van der Waals surface area contributed by atoms with E-state index in [1.54, 1.807) is 12.1 Å². The van der Waals surface area contributed by atoms with Gasteiger partial charge in [-0.15, -0.1) is 10.2 Å². The molecule has 30 heavy (non-hydrogen) atoms. The van der Waals surface area contributed by atoms with Gasteiger partial charge in [-0.2, -0.15) is 0 Å². The second-order valence-electron chi connectivity index (χ2n) is 6.89. The van der Waals surface area contributed by atoms with Crippen molar-refractivity contribution in [1.29, 1.82) is 5.41 Å². The number of nitrogen functional groups attached to an aromatic ring is 1. The van der Waals surface area contributed by atoms with Gasteiger partial charge < -0.3 is 10.5 Å². The first-order chi connectivity index (χ1) is 14.6. The number of carbonyl (C=O) groups is 1. The molecule has 7 nitrogen and oxygen atoms in total. The summed E-state index contributed by atoms with van der Waals surface area (Å²) in [6.07, 6.45) is 2.92. The number of amidine groups is 1. The Kier molecular flexibility index (Phi) is 5.26. The number of methoxy groups -OCH3 is 1. The second-order valence-corrected chi connectivity index (χ2v) is 6.89. The van der Waals surface area contributed by atoms with Gasteiger partial charge in [0.1, 0.15) is 5.84 Å². The van der Waals surface area contributed by atoms with Crippen molar-refractivity contribution >= 4 is 22.7 Å². The average molecular weight is 399 g/mol. The van der Waals surface area contributed by atoms with Crippen LogP contribution in [0, 0.1) is 5.41 Å². The van der Waals surface area contributed by atoms with Crippen molar-refractivity contribution in [3.8, 4) is 17.1 Å². The van der Waals surface area contributed by atoms with Crippen LogP contribution in [0.1, 0.15) is 17.5 Å². The third kappa shape index (κ3) is 3.77. The number of nitrogens with zero attached hydrogens (tertiary/aromatic N) is 3. The Morgan fingerprint density at radius 1 is 1.07 bits per heavy atom. The molecule has 2 aromatic heterocycles. The average Bonchev–Trinajstić information content (AvgIpc) is 3.16.